The Morgan fingerprint density at radius 2 is 1.03 bits per heavy atom. The van der Waals surface area contributed by atoms with Crippen LogP contribution < -0.4 is 0 Å². The van der Waals surface area contributed by atoms with Crippen molar-refractivity contribution in [1.29, 1.82) is 0 Å². The quantitative estimate of drug-likeness (QED) is 0.0999. The molecule has 0 saturated carbocycles. The summed E-state index contributed by atoms with van der Waals surface area (Å²) in [5, 5.41) is 0. The molecule has 0 aliphatic heterocycles. The summed E-state index contributed by atoms with van der Waals surface area (Å²) in [6, 6.07) is 0. The van der Waals surface area contributed by atoms with Crippen LogP contribution in [0.25, 0.3) is 0 Å². The first kappa shape index (κ1) is 27.2. The third-order valence-corrected chi connectivity index (χ3v) is 4.90. The molecular formula is C25H42O4. The monoisotopic (exact) mass is 406 g/mol. The van der Waals surface area contributed by atoms with Gasteiger partial charge in [0.1, 0.15) is 0 Å². The van der Waals surface area contributed by atoms with Crippen molar-refractivity contribution in [3.05, 3.63) is 12.2 Å². The number of hydrogen-bond acceptors (Lipinski definition) is 4. The highest BCUT2D eigenvalue weighted by molar-refractivity contribution is 5.91. The van der Waals surface area contributed by atoms with Gasteiger partial charge in [-0.15, -0.1) is 6.42 Å². The van der Waals surface area contributed by atoms with Crippen LogP contribution in [-0.4, -0.2) is 25.2 Å². The molecule has 166 valence electrons. The van der Waals surface area contributed by atoms with Crippen LogP contribution in [0.2, 0.25) is 0 Å². The summed E-state index contributed by atoms with van der Waals surface area (Å²) in [7, 11) is 0. The molecule has 0 amide bonds. The Kier molecular flexibility index (Phi) is 21.2. The molecule has 0 radical (unpaired) electrons. The number of ether oxygens (including phenoxy) is 2. The van der Waals surface area contributed by atoms with Crippen LogP contribution in [-0.2, 0) is 19.1 Å². The predicted molar refractivity (Wildman–Crippen MR) is 119 cm³/mol. The minimum absolute atomic E-state index is 0.0998. The van der Waals surface area contributed by atoms with E-state index in [0.717, 1.165) is 25.0 Å². The number of hydrogen-bond donors (Lipinski definition) is 0. The standard InChI is InChI=1S/C25H42O4/c1-3-5-6-7-8-9-10-11-12-13-14-15-16-17-18-19-23-29-25(27)21-20-24(26)28-22-4-2/h2,20-21H,3,5-19,22-23H2,1H3/b21-20+. The van der Waals surface area contributed by atoms with Crippen LogP contribution in [0.5, 0.6) is 0 Å². The van der Waals surface area contributed by atoms with Gasteiger partial charge in [0.05, 0.1) is 6.61 Å². The van der Waals surface area contributed by atoms with Crippen molar-refractivity contribution in [2.45, 2.75) is 110 Å². The minimum Gasteiger partial charge on any atom is -0.463 e. The first-order valence-corrected chi connectivity index (χ1v) is 11.7. The summed E-state index contributed by atoms with van der Waals surface area (Å²) in [4.78, 5) is 22.6. The molecule has 4 nitrogen and oxygen atoms in total. The summed E-state index contributed by atoms with van der Waals surface area (Å²) < 4.78 is 9.65. The van der Waals surface area contributed by atoms with Crippen LogP contribution in [0.3, 0.4) is 0 Å². The fourth-order valence-electron chi connectivity index (χ4n) is 3.17. The Labute approximate surface area is 178 Å². The Morgan fingerprint density at radius 3 is 1.45 bits per heavy atom. The van der Waals surface area contributed by atoms with Gasteiger partial charge in [0.25, 0.3) is 0 Å². The largest absolute Gasteiger partial charge is 0.463 e. The third kappa shape index (κ3) is 22.4. The van der Waals surface area contributed by atoms with Crippen LogP contribution in [0.15, 0.2) is 12.2 Å². The zero-order valence-electron chi connectivity index (χ0n) is 18.6. The highest BCUT2D eigenvalue weighted by atomic mass is 16.5. The maximum Gasteiger partial charge on any atom is 0.331 e. The van der Waals surface area contributed by atoms with Gasteiger partial charge in [0, 0.05) is 12.2 Å². The van der Waals surface area contributed by atoms with Gasteiger partial charge in [-0.25, -0.2) is 9.59 Å². The third-order valence-electron chi connectivity index (χ3n) is 4.90. The molecule has 0 N–H and O–H groups in total. The summed E-state index contributed by atoms with van der Waals surface area (Å²) >= 11 is 0. The van der Waals surface area contributed by atoms with E-state index >= 15 is 0 Å². The highest BCUT2D eigenvalue weighted by Crippen LogP contribution is 2.13. The van der Waals surface area contributed by atoms with Gasteiger partial charge in [-0.1, -0.05) is 109 Å². The second-order valence-corrected chi connectivity index (χ2v) is 7.62. The van der Waals surface area contributed by atoms with Crippen molar-refractivity contribution in [1.82, 2.24) is 0 Å². The first-order chi connectivity index (χ1) is 14.2. The van der Waals surface area contributed by atoms with Crippen LogP contribution >= 0.6 is 0 Å². The molecule has 0 atom stereocenters. The number of esters is 2. The normalized spacial score (nSPS) is 10.8. The Balaban J connectivity index is 3.25. The van der Waals surface area contributed by atoms with Gasteiger partial charge < -0.3 is 9.47 Å². The smallest absolute Gasteiger partial charge is 0.331 e. The Morgan fingerprint density at radius 1 is 0.655 bits per heavy atom. The van der Waals surface area contributed by atoms with Crippen LogP contribution in [0.1, 0.15) is 110 Å². The second kappa shape index (κ2) is 22.5. The molecule has 0 aliphatic rings. The predicted octanol–water partition coefficient (Wildman–Crippen LogP) is 6.52. The molecule has 0 aromatic rings. The summed E-state index contributed by atoms with van der Waals surface area (Å²) in [6.45, 7) is 2.56. The first-order valence-electron chi connectivity index (χ1n) is 11.7. The van der Waals surface area contributed by atoms with E-state index in [-0.39, 0.29) is 6.61 Å². The molecular weight excluding hydrogens is 364 g/mol. The van der Waals surface area contributed by atoms with Crippen molar-refractivity contribution in [2.75, 3.05) is 13.2 Å². The van der Waals surface area contributed by atoms with Crippen molar-refractivity contribution < 1.29 is 19.1 Å². The van der Waals surface area contributed by atoms with Gasteiger partial charge in [-0.2, -0.15) is 0 Å². The van der Waals surface area contributed by atoms with E-state index in [9.17, 15) is 9.59 Å². The van der Waals surface area contributed by atoms with Crippen molar-refractivity contribution in [3.8, 4) is 12.3 Å². The fraction of sp³-hybridized carbons (Fsp3) is 0.760. The van der Waals surface area contributed by atoms with Gasteiger partial charge in [-0.05, 0) is 6.42 Å². The zero-order valence-corrected chi connectivity index (χ0v) is 18.6. The summed E-state index contributed by atoms with van der Waals surface area (Å²) in [6.07, 6.45) is 28.1. The molecule has 0 spiro atoms. The Hall–Kier alpha value is -1.76. The molecule has 0 saturated heterocycles. The van der Waals surface area contributed by atoms with Gasteiger partial charge in [0.2, 0.25) is 0 Å². The minimum atomic E-state index is -0.637. The van der Waals surface area contributed by atoms with E-state index in [1.807, 2.05) is 0 Å². The summed E-state index contributed by atoms with van der Waals surface area (Å²) in [5.74, 6) is 1.02. The molecule has 0 fully saturated rings. The van der Waals surface area contributed by atoms with Crippen molar-refractivity contribution in [2.24, 2.45) is 0 Å². The average Bonchev–Trinajstić information content (AvgIpc) is 2.72. The average molecular weight is 407 g/mol. The van der Waals surface area contributed by atoms with Crippen molar-refractivity contribution >= 4 is 11.9 Å². The highest BCUT2D eigenvalue weighted by Gasteiger charge is 2.00. The lowest BCUT2D eigenvalue weighted by Gasteiger charge is -2.04. The van der Waals surface area contributed by atoms with E-state index in [1.54, 1.807) is 0 Å². The maximum absolute atomic E-state index is 11.4. The fourth-order valence-corrected chi connectivity index (χ4v) is 3.17. The lowest BCUT2D eigenvalue weighted by atomic mass is 10.0. The molecule has 0 heterocycles. The lowest BCUT2D eigenvalue weighted by Crippen LogP contribution is -2.05. The molecule has 0 aromatic heterocycles. The molecule has 0 aliphatic carbocycles. The number of carbonyl (C=O) groups excluding carboxylic acids is 2. The van der Waals surface area contributed by atoms with Gasteiger partial charge in [0.15, 0.2) is 6.61 Å². The molecule has 0 rings (SSSR count). The maximum atomic E-state index is 11.4. The topological polar surface area (TPSA) is 52.6 Å². The summed E-state index contributed by atoms with van der Waals surface area (Å²) in [5.41, 5.74) is 0. The SMILES string of the molecule is C#CCOC(=O)/C=C/C(=O)OCCCCCCCCCCCCCCCCCC. The number of unbranched alkanes of at least 4 members (excludes halogenated alkanes) is 15. The molecule has 4 heteroatoms. The zero-order chi connectivity index (χ0) is 21.4. The molecule has 0 aromatic carbocycles. The number of terminal acetylenes is 1. The van der Waals surface area contributed by atoms with E-state index in [1.165, 1.54) is 89.9 Å². The van der Waals surface area contributed by atoms with E-state index in [2.05, 4.69) is 17.6 Å². The van der Waals surface area contributed by atoms with E-state index in [4.69, 9.17) is 11.2 Å². The van der Waals surface area contributed by atoms with E-state index < -0.39 is 11.9 Å². The van der Waals surface area contributed by atoms with Crippen molar-refractivity contribution in [3.63, 3.8) is 0 Å². The number of carbonyl (C=O) groups is 2. The van der Waals surface area contributed by atoms with E-state index in [0.29, 0.717) is 6.61 Å². The molecule has 29 heavy (non-hydrogen) atoms. The molecule has 0 bridgehead atoms. The van der Waals surface area contributed by atoms with Gasteiger partial charge in [-0.3, -0.25) is 0 Å². The second-order valence-electron chi connectivity index (χ2n) is 7.62. The molecule has 0 unspecified atom stereocenters. The van der Waals surface area contributed by atoms with Crippen LogP contribution in [0.4, 0.5) is 0 Å². The Bertz CT molecular complexity index is 462. The lowest BCUT2D eigenvalue weighted by molar-refractivity contribution is -0.140. The number of rotatable bonds is 20. The van der Waals surface area contributed by atoms with Crippen LogP contribution in [0, 0.1) is 12.3 Å². The van der Waals surface area contributed by atoms with Gasteiger partial charge >= 0.3 is 11.9 Å².